The largest absolute Gasteiger partial charge is 0.314 e. The number of nitrogens with zero attached hydrogens (tertiary/aromatic N) is 2. The van der Waals surface area contributed by atoms with E-state index in [4.69, 9.17) is 0 Å². The highest BCUT2D eigenvalue weighted by atomic mass is 14.9. The molecule has 3 nitrogen and oxygen atoms in total. The molecule has 2 heterocycles. The van der Waals surface area contributed by atoms with Crippen LogP contribution in [0.4, 0.5) is 0 Å². The van der Waals surface area contributed by atoms with E-state index in [2.05, 4.69) is 29.1 Å². The van der Waals surface area contributed by atoms with Crippen LogP contribution in [0.5, 0.6) is 0 Å². The first kappa shape index (κ1) is 11.5. The van der Waals surface area contributed by atoms with E-state index >= 15 is 0 Å². The van der Waals surface area contributed by atoms with Crippen LogP contribution in [0.2, 0.25) is 0 Å². The predicted octanol–water partition coefficient (Wildman–Crippen LogP) is 2.28. The standard InChI is InChI=1S/C13H21N3/c1-10(2)11-8-15-13(16-9-11)7-12-5-3-4-6-14-12/h8-10,12,14H,3-7H2,1-2H3. The van der Waals surface area contributed by atoms with Crippen LogP contribution in [0.15, 0.2) is 12.4 Å². The van der Waals surface area contributed by atoms with Gasteiger partial charge in [0.1, 0.15) is 5.82 Å². The van der Waals surface area contributed by atoms with Crippen LogP contribution in [0.3, 0.4) is 0 Å². The van der Waals surface area contributed by atoms with Gasteiger partial charge in [-0.3, -0.25) is 0 Å². The van der Waals surface area contributed by atoms with Crippen LogP contribution >= 0.6 is 0 Å². The minimum atomic E-state index is 0.516. The predicted molar refractivity (Wildman–Crippen MR) is 65.5 cm³/mol. The van der Waals surface area contributed by atoms with Gasteiger partial charge in [0.15, 0.2) is 0 Å². The molecule has 0 saturated carbocycles. The van der Waals surface area contributed by atoms with Gasteiger partial charge in [0, 0.05) is 24.9 Å². The van der Waals surface area contributed by atoms with Gasteiger partial charge in [-0.05, 0) is 30.9 Å². The molecular formula is C13H21N3. The molecule has 1 aromatic rings. The lowest BCUT2D eigenvalue weighted by Crippen LogP contribution is -2.36. The van der Waals surface area contributed by atoms with Gasteiger partial charge in [-0.25, -0.2) is 9.97 Å². The van der Waals surface area contributed by atoms with E-state index in [1.807, 2.05) is 12.4 Å². The maximum absolute atomic E-state index is 4.44. The molecule has 1 aliphatic heterocycles. The van der Waals surface area contributed by atoms with Gasteiger partial charge < -0.3 is 5.32 Å². The second kappa shape index (κ2) is 5.39. The highest BCUT2D eigenvalue weighted by Gasteiger charge is 2.14. The zero-order chi connectivity index (χ0) is 11.4. The van der Waals surface area contributed by atoms with Crippen LogP contribution < -0.4 is 5.32 Å². The minimum absolute atomic E-state index is 0.516. The number of piperidine rings is 1. The average molecular weight is 219 g/mol. The number of hydrogen-bond acceptors (Lipinski definition) is 3. The zero-order valence-corrected chi connectivity index (χ0v) is 10.2. The molecule has 1 fully saturated rings. The second-order valence-corrected chi connectivity index (χ2v) is 4.94. The molecule has 0 aliphatic carbocycles. The molecule has 16 heavy (non-hydrogen) atoms. The molecule has 0 amide bonds. The summed E-state index contributed by atoms with van der Waals surface area (Å²) in [5, 5.41) is 3.52. The fourth-order valence-electron chi connectivity index (χ4n) is 2.09. The quantitative estimate of drug-likeness (QED) is 0.847. The van der Waals surface area contributed by atoms with Crippen molar-refractivity contribution in [3.63, 3.8) is 0 Å². The van der Waals surface area contributed by atoms with Crippen molar-refractivity contribution >= 4 is 0 Å². The van der Waals surface area contributed by atoms with E-state index in [0.717, 1.165) is 18.8 Å². The van der Waals surface area contributed by atoms with Crippen molar-refractivity contribution in [2.75, 3.05) is 6.54 Å². The molecular weight excluding hydrogens is 198 g/mol. The van der Waals surface area contributed by atoms with Gasteiger partial charge in [0.25, 0.3) is 0 Å². The van der Waals surface area contributed by atoms with Crippen LogP contribution in [0, 0.1) is 0 Å². The van der Waals surface area contributed by atoms with E-state index < -0.39 is 0 Å². The topological polar surface area (TPSA) is 37.8 Å². The first-order valence-electron chi connectivity index (χ1n) is 6.30. The molecule has 0 aromatic carbocycles. The van der Waals surface area contributed by atoms with Crippen molar-refractivity contribution in [2.24, 2.45) is 0 Å². The average Bonchev–Trinajstić information content (AvgIpc) is 2.31. The van der Waals surface area contributed by atoms with E-state index in [0.29, 0.717) is 12.0 Å². The Morgan fingerprint density at radius 2 is 2.06 bits per heavy atom. The van der Waals surface area contributed by atoms with Gasteiger partial charge >= 0.3 is 0 Å². The first-order valence-corrected chi connectivity index (χ1v) is 6.30. The van der Waals surface area contributed by atoms with E-state index in [9.17, 15) is 0 Å². The third-order valence-corrected chi connectivity index (χ3v) is 3.23. The third kappa shape index (κ3) is 3.01. The Balaban J connectivity index is 1.93. The van der Waals surface area contributed by atoms with Crippen molar-refractivity contribution in [3.05, 3.63) is 23.8 Å². The Labute approximate surface area is 97.7 Å². The Hall–Kier alpha value is -0.960. The zero-order valence-electron chi connectivity index (χ0n) is 10.2. The van der Waals surface area contributed by atoms with Gasteiger partial charge in [-0.15, -0.1) is 0 Å². The molecule has 1 unspecified atom stereocenters. The fourth-order valence-corrected chi connectivity index (χ4v) is 2.09. The summed E-state index contributed by atoms with van der Waals surface area (Å²) >= 11 is 0. The lowest BCUT2D eigenvalue weighted by Gasteiger charge is -2.22. The molecule has 1 atom stereocenters. The Morgan fingerprint density at radius 1 is 1.31 bits per heavy atom. The molecule has 3 heteroatoms. The lowest BCUT2D eigenvalue weighted by atomic mass is 10.0. The summed E-state index contributed by atoms with van der Waals surface area (Å²) in [6.07, 6.45) is 8.81. The lowest BCUT2D eigenvalue weighted by molar-refractivity contribution is 0.394. The molecule has 1 saturated heterocycles. The van der Waals surface area contributed by atoms with Crippen molar-refractivity contribution in [2.45, 2.75) is 51.5 Å². The monoisotopic (exact) mass is 219 g/mol. The summed E-state index contributed by atoms with van der Waals surface area (Å²) < 4.78 is 0. The summed E-state index contributed by atoms with van der Waals surface area (Å²) in [6, 6.07) is 0.582. The van der Waals surface area contributed by atoms with E-state index in [1.54, 1.807) is 0 Å². The van der Waals surface area contributed by atoms with Crippen LogP contribution in [0.1, 0.15) is 50.4 Å². The van der Waals surface area contributed by atoms with Crippen LogP contribution in [-0.4, -0.2) is 22.6 Å². The van der Waals surface area contributed by atoms with Gasteiger partial charge in [-0.1, -0.05) is 20.3 Å². The number of nitrogens with one attached hydrogen (secondary N) is 1. The van der Waals surface area contributed by atoms with E-state index in [-0.39, 0.29) is 0 Å². The van der Waals surface area contributed by atoms with Crippen LogP contribution in [-0.2, 0) is 6.42 Å². The maximum Gasteiger partial charge on any atom is 0.129 e. The summed E-state index contributed by atoms with van der Waals surface area (Å²) in [5.41, 5.74) is 1.22. The normalized spacial score (nSPS) is 21.3. The summed E-state index contributed by atoms with van der Waals surface area (Å²) in [5.74, 6) is 1.49. The number of hydrogen-bond donors (Lipinski definition) is 1. The molecule has 88 valence electrons. The van der Waals surface area contributed by atoms with Crippen molar-refractivity contribution in [3.8, 4) is 0 Å². The van der Waals surface area contributed by atoms with Gasteiger partial charge in [0.05, 0.1) is 0 Å². The minimum Gasteiger partial charge on any atom is -0.314 e. The molecule has 0 spiro atoms. The SMILES string of the molecule is CC(C)c1cnc(CC2CCCCN2)nc1. The molecule has 2 rings (SSSR count). The van der Waals surface area contributed by atoms with E-state index in [1.165, 1.54) is 24.8 Å². The highest BCUT2D eigenvalue weighted by molar-refractivity contribution is 5.10. The van der Waals surface area contributed by atoms with Gasteiger partial charge in [0.2, 0.25) is 0 Å². The number of rotatable bonds is 3. The Bertz CT molecular complexity index is 312. The van der Waals surface area contributed by atoms with Gasteiger partial charge in [-0.2, -0.15) is 0 Å². The second-order valence-electron chi connectivity index (χ2n) is 4.94. The molecule has 1 aliphatic rings. The van der Waals surface area contributed by atoms with Crippen LogP contribution in [0.25, 0.3) is 0 Å². The van der Waals surface area contributed by atoms with Crippen molar-refractivity contribution in [1.29, 1.82) is 0 Å². The first-order chi connectivity index (χ1) is 7.75. The summed E-state index contributed by atoms with van der Waals surface area (Å²) in [6.45, 7) is 5.48. The third-order valence-electron chi connectivity index (χ3n) is 3.23. The summed E-state index contributed by atoms with van der Waals surface area (Å²) in [7, 11) is 0. The fraction of sp³-hybridized carbons (Fsp3) is 0.692. The van der Waals surface area contributed by atoms with Crippen molar-refractivity contribution in [1.82, 2.24) is 15.3 Å². The maximum atomic E-state index is 4.44. The molecule has 0 radical (unpaired) electrons. The Morgan fingerprint density at radius 3 is 2.62 bits per heavy atom. The molecule has 1 N–H and O–H groups in total. The molecule has 0 bridgehead atoms. The number of aromatic nitrogens is 2. The highest BCUT2D eigenvalue weighted by Crippen LogP contribution is 2.13. The summed E-state index contributed by atoms with van der Waals surface area (Å²) in [4.78, 5) is 8.89. The smallest absolute Gasteiger partial charge is 0.129 e. The molecule has 1 aromatic heterocycles. The Kier molecular flexibility index (Phi) is 3.88. The van der Waals surface area contributed by atoms with Crippen molar-refractivity contribution < 1.29 is 0 Å².